The molecule has 21 heteroatoms. The van der Waals surface area contributed by atoms with Gasteiger partial charge in [0.25, 0.3) is 0 Å². The second kappa shape index (κ2) is 32.5. The Bertz CT molecular complexity index is 912. The highest BCUT2D eigenvalue weighted by atomic mass is 31.0. The molecule has 0 aliphatic carbocycles. The Kier molecular flexibility index (Phi) is 31.6. The number of likely N-dealkylation sites (tertiary alicyclic amines) is 1. The molecule has 15 nitrogen and oxygen atoms in total. The predicted molar refractivity (Wildman–Crippen MR) is 237 cm³/mol. The summed E-state index contributed by atoms with van der Waals surface area (Å²) in [6.45, 7) is 17.9. The molecular formula is C32H77B2N11O4P4. The van der Waals surface area contributed by atoms with Gasteiger partial charge in [0, 0.05) is 122 Å². The van der Waals surface area contributed by atoms with Crippen LogP contribution in [0.25, 0.3) is 0 Å². The van der Waals surface area contributed by atoms with Crippen LogP contribution in [0.15, 0.2) is 0 Å². The lowest BCUT2D eigenvalue weighted by Gasteiger charge is -2.34. The van der Waals surface area contributed by atoms with Gasteiger partial charge in [-0.05, 0) is 71.7 Å². The van der Waals surface area contributed by atoms with Crippen molar-refractivity contribution in [3.8, 4) is 0 Å². The van der Waals surface area contributed by atoms with Crippen LogP contribution in [0.3, 0.4) is 0 Å². The van der Waals surface area contributed by atoms with E-state index in [9.17, 15) is 9.59 Å². The minimum atomic E-state index is -0.427. The lowest BCUT2D eigenvalue weighted by molar-refractivity contribution is -0.130. The summed E-state index contributed by atoms with van der Waals surface area (Å²) >= 11 is 0. The molecular weight excluding hydrogens is 748 g/mol. The van der Waals surface area contributed by atoms with Crippen LogP contribution in [-0.2, 0) is 9.59 Å². The van der Waals surface area contributed by atoms with Crippen molar-refractivity contribution < 1.29 is 19.6 Å². The minimum Gasteiger partial charge on any atom is -0.437 e. The third-order valence-electron chi connectivity index (χ3n) is 9.62. The molecule has 0 aromatic rings. The Balaban J connectivity index is 0.000000339. The van der Waals surface area contributed by atoms with Gasteiger partial charge in [-0.1, -0.05) is 37.6 Å². The van der Waals surface area contributed by atoms with Crippen molar-refractivity contribution in [2.24, 2.45) is 11.5 Å². The van der Waals surface area contributed by atoms with Crippen LogP contribution in [0.5, 0.6) is 0 Å². The van der Waals surface area contributed by atoms with Crippen molar-refractivity contribution in [1.82, 2.24) is 44.7 Å². The number of hydrogen-bond donors (Lipinski definition) is 8. The predicted octanol–water partition coefficient (Wildman–Crippen LogP) is -0.731. The van der Waals surface area contributed by atoms with Gasteiger partial charge in [0.05, 0.1) is 0 Å². The van der Waals surface area contributed by atoms with Crippen LogP contribution >= 0.6 is 37.6 Å². The number of ketones is 1. The number of amides is 1. The van der Waals surface area contributed by atoms with E-state index in [1.165, 1.54) is 38.8 Å². The van der Waals surface area contributed by atoms with Gasteiger partial charge in [-0.2, -0.15) is 0 Å². The van der Waals surface area contributed by atoms with E-state index >= 15 is 0 Å². The first-order valence-electron chi connectivity index (χ1n) is 19.8. The average molecular weight is 826 g/mol. The maximum Gasteiger partial charge on any atom is 0.373 e. The first-order chi connectivity index (χ1) is 25.3. The monoisotopic (exact) mass is 826 g/mol. The zero-order valence-electron chi connectivity index (χ0n) is 33.0. The van der Waals surface area contributed by atoms with Crippen molar-refractivity contribution in [3.05, 3.63) is 0 Å². The smallest absolute Gasteiger partial charge is 0.373 e. The number of Topliss-reactive ketones (excluding diaryl/α,β-unsaturated/α-hetero) is 1. The van der Waals surface area contributed by atoms with Crippen molar-refractivity contribution in [2.75, 3.05) is 98.2 Å². The molecule has 4 atom stereocenters. The lowest BCUT2D eigenvalue weighted by Crippen LogP contribution is -2.43. The van der Waals surface area contributed by atoms with Crippen molar-refractivity contribution in [3.63, 3.8) is 0 Å². The Morgan fingerprint density at radius 3 is 1.40 bits per heavy atom. The van der Waals surface area contributed by atoms with E-state index in [0.29, 0.717) is 42.9 Å². The van der Waals surface area contributed by atoms with E-state index in [2.05, 4.69) is 82.2 Å². The number of nitrogens with one attached hydrogen (secondary N) is 4. The number of carbonyl (C=O) groups excluding carboxylic acids is 2. The molecule has 5 aliphatic heterocycles. The zero-order chi connectivity index (χ0) is 39.4. The maximum atomic E-state index is 11.5. The van der Waals surface area contributed by atoms with Crippen LogP contribution in [-0.4, -0.2) is 176 Å². The molecule has 0 aromatic carbocycles. The van der Waals surface area contributed by atoms with Crippen molar-refractivity contribution in [2.45, 2.75) is 96.0 Å². The molecule has 5 rings (SSSR count). The number of piperidine rings is 4. The van der Waals surface area contributed by atoms with E-state index < -0.39 is 14.1 Å². The van der Waals surface area contributed by atoms with Gasteiger partial charge in [-0.15, -0.1) is 0 Å². The standard InChI is InChI=1S/C9H17N2OP.C8H21BN3OP.C7H18N3P.C5H10NOP.C3H11BN2O/c12-9-2-1-5-11(9)8-3-6-10(13)7-4-8;1-9(13)11-5-4-10-8-2-6-12(14)7-3-8;8-3-4-9-7-1-5-10(11)6-2-7;7-5-1-3-6(8)4-2-5;1-4(7)6-3-2-5/h8H,1-7,13H2;8,10-11,13H,2-7,14H2,1H3;7,9H,1-6,8,11H2;1-4,8H2;6-7H,2-3,5H2,1H3. The summed E-state index contributed by atoms with van der Waals surface area (Å²) in [5.41, 5.74) is 10.5. The Hall–Kier alpha value is 0.510. The number of hydrogen-bond acceptors (Lipinski definition) is 14. The second-order valence-corrected chi connectivity index (χ2v) is 17.3. The van der Waals surface area contributed by atoms with Gasteiger partial charge in [-0.25, -0.2) is 0 Å². The molecule has 310 valence electrons. The minimum absolute atomic E-state index is 0.377. The van der Waals surface area contributed by atoms with Gasteiger partial charge in [0.2, 0.25) is 5.91 Å². The van der Waals surface area contributed by atoms with Gasteiger partial charge < -0.3 is 47.5 Å². The molecule has 5 fully saturated rings. The first kappa shape index (κ1) is 51.5. The van der Waals surface area contributed by atoms with Gasteiger partial charge in [-0.3, -0.25) is 28.3 Å². The van der Waals surface area contributed by atoms with Gasteiger partial charge in [0.15, 0.2) is 0 Å². The number of nitrogens with two attached hydrogens (primary N) is 2. The number of carbonyl (C=O) groups is 2. The summed E-state index contributed by atoms with van der Waals surface area (Å²) < 4.78 is 8.94. The number of rotatable bonds is 12. The van der Waals surface area contributed by atoms with Crippen LogP contribution in [0.1, 0.15) is 64.2 Å². The first-order valence-corrected chi connectivity index (χ1v) is 21.9. The SMILES string of the molecule is CB(O)NCCN.CB(O)NCCNC1CCN(P)CC1.NCCNC1CCN(P)CC1.O=C1CCCN1C1CCN(P)CC1.O=C1CCN(P)CC1. The quantitative estimate of drug-likeness (QED) is 0.0699. The largest absolute Gasteiger partial charge is 0.437 e. The highest BCUT2D eigenvalue weighted by Crippen LogP contribution is 2.23. The Labute approximate surface area is 332 Å². The molecule has 53 heavy (non-hydrogen) atoms. The maximum absolute atomic E-state index is 11.5. The fraction of sp³-hybridized carbons (Fsp3) is 0.938. The molecule has 0 bridgehead atoms. The average Bonchev–Trinajstić information content (AvgIpc) is 3.58. The zero-order valence-corrected chi connectivity index (χ0v) is 37.6. The molecule has 5 aliphatic rings. The van der Waals surface area contributed by atoms with Gasteiger partial charge >= 0.3 is 14.1 Å². The summed E-state index contributed by atoms with van der Waals surface area (Å²) in [4.78, 5) is 24.1. The van der Waals surface area contributed by atoms with Crippen molar-refractivity contribution >= 4 is 63.4 Å². The van der Waals surface area contributed by atoms with E-state index in [1.807, 2.05) is 0 Å². The van der Waals surface area contributed by atoms with E-state index in [-0.39, 0.29) is 0 Å². The molecule has 5 saturated heterocycles. The molecule has 4 unspecified atom stereocenters. The highest BCUT2D eigenvalue weighted by Gasteiger charge is 2.29. The Morgan fingerprint density at radius 1 is 0.604 bits per heavy atom. The highest BCUT2D eigenvalue weighted by molar-refractivity contribution is 7.13. The topological polar surface area (TPSA) is 191 Å². The molecule has 5 heterocycles. The van der Waals surface area contributed by atoms with E-state index in [4.69, 9.17) is 21.5 Å². The summed E-state index contributed by atoms with van der Waals surface area (Å²) in [5.74, 6) is 0.783. The number of nitrogens with zero attached hydrogens (tertiary/aromatic N) is 5. The van der Waals surface area contributed by atoms with Crippen molar-refractivity contribution in [1.29, 1.82) is 0 Å². The van der Waals surface area contributed by atoms with E-state index in [0.717, 1.165) is 111 Å². The summed E-state index contributed by atoms with van der Waals surface area (Å²) in [5, 5.41) is 30.1. The van der Waals surface area contributed by atoms with Crippen LogP contribution in [0, 0.1) is 0 Å². The summed E-state index contributed by atoms with van der Waals surface area (Å²) in [6, 6.07) is 1.89. The third kappa shape index (κ3) is 27.7. The van der Waals surface area contributed by atoms with Gasteiger partial charge in [0.1, 0.15) is 5.78 Å². The third-order valence-corrected chi connectivity index (χ3v) is 11.7. The molecule has 0 radical (unpaired) electrons. The lowest BCUT2D eigenvalue weighted by atomic mass is 9.89. The molecule has 0 spiro atoms. The molecule has 1 amide bonds. The molecule has 0 aromatic heterocycles. The fourth-order valence-electron chi connectivity index (χ4n) is 6.37. The fourth-order valence-corrected chi connectivity index (χ4v) is 7.52. The van der Waals surface area contributed by atoms with Crippen LogP contribution in [0.2, 0.25) is 13.6 Å². The van der Waals surface area contributed by atoms with E-state index in [1.54, 1.807) is 13.6 Å². The van der Waals surface area contributed by atoms with Crippen LogP contribution < -0.4 is 32.6 Å². The molecule has 0 saturated carbocycles. The Morgan fingerprint density at radius 2 is 1.02 bits per heavy atom. The summed E-state index contributed by atoms with van der Waals surface area (Å²) in [6.07, 6.45) is 10.6. The summed E-state index contributed by atoms with van der Waals surface area (Å²) in [7, 11) is 10.0. The molecule has 10 N–H and O–H groups in total. The second-order valence-electron chi connectivity index (χ2n) is 14.4. The normalized spacial score (nSPS) is 21.4. The van der Waals surface area contributed by atoms with Crippen LogP contribution in [0.4, 0.5) is 0 Å².